The van der Waals surface area contributed by atoms with Gasteiger partial charge in [-0.25, -0.2) is 0 Å². The van der Waals surface area contributed by atoms with Crippen molar-refractivity contribution in [3.8, 4) is 33.4 Å². The molecule has 2 unspecified atom stereocenters. The van der Waals surface area contributed by atoms with E-state index in [1.807, 2.05) is 0 Å². The first-order chi connectivity index (χ1) is 29.7. The Bertz CT molecular complexity index is 2680. The molecule has 9 rings (SSSR count). The van der Waals surface area contributed by atoms with Crippen LogP contribution >= 0.6 is 17.0 Å². The molecule has 0 fully saturated rings. The molecule has 0 bridgehead atoms. The Hall–Kier alpha value is -3.52. The quantitative estimate of drug-likeness (QED) is 0.113. The predicted molar refractivity (Wildman–Crippen MR) is 273 cm³/mol. The van der Waals surface area contributed by atoms with E-state index < -0.39 is 25.9 Å². The third-order valence-corrected chi connectivity index (χ3v) is 37.6. The van der Waals surface area contributed by atoms with Crippen LogP contribution < -0.4 is 13.6 Å². The summed E-state index contributed by atoms with van der Waals surface area (Å²) in [4.78, 5) is 0. The van der Waals surface area contributed by atoms with Crippen LogP contribution in [-0.2, 0) is 16.4 Å². The van der Waals surface area contributed by atoms with E-state index in [0.29, 0.717) is 23.7 Å². The van der Waals surface area contributed by atoms with Crippen molar-refractivity contribution in [2.75, 3.05) is 0 Å². The van der Waals surface area contributed by atoms with Gasteiger partial charge in [0.05, 0.1) is 0 Å². The van der Waals surface area contributed by atoms with E-state index in [1.165, 1.54) is 103 Å². The second-order valence-electron chi connectivity index (χ2n) is 19.7. The molecule has 3 aliphatic rings. The SMILES string of the molecule is CCC1=Cc2c(ccc(C(C)C)c2-c2ccccc2C(C)C)[CH]1[Zr]([Cl])([Cl])([c]1cccc2c1[SiH2]c1ccccc1-2)[CH]1C(CC)=Cc2c1ccc(C(C)C)c2-c1ccccc1C(C)C. The first-order valence-electron chi connectivity index (χ1n) is 23.4. The molecular weight excluding hydrogens is 887 g/mol. The van der Waals surface area contributed by atoms with Gasteiger partial charge < -0.3 is 0 Å². The summed E-state index contributed by atoms with van der Waals surface area (Å²) in [5.41, 5.74) is 21.8. The molecule has 0 amide bonds. The molecule has 0 saturated heterocycles. The van der Waals surface area contributed by atoms with Gasteiger partial charge in [0.15, 0.2) is 0 Å². The normalized spacial score (nSPS) is 17.6. The van der Waals surface area contributed by atoms with E-state index in [2.05, 4.69) is 197 Å². The van der Waals surface area contributed by atoms with E-state index in [4.69, 9.17) is 0 Å². The number of hydrogen-bond acceptors (Lipinski definition) is 0. The van der Waals surface area contributed by atoms with Crippen molar-refractivity contribution in [1.29, 1.82) is 0 Å². The van der Waals surface area contributed by atoms with E-state index >= 15 is 0 Å². The van der Waals surface area contributed by atoms with Crippen LogP contribution in [0.25, 0.3) is 45.5 Å². The molecule has 0 radical (unpaired) electrons. The zero-order chi connectivity index (χ0) is 43.9. The van der Waals surface area contributed by atoms with Gasteiger partial charge in [-0.05, 0) is 0 Å². The van der Waals surface area contributed by atoms with Crippen LogP contribution in [0.2, 0.25) is 0 Å². The van der Waals surface area contributed by atoms with E-state index in [9.17, 15) is 17.0 Å². The van der Waals surface area contributed by atoms with Crippen molar-refractivity contribution < 1.29 is 16.4 Å². The molecule has 1 aliphatic heterocycles. The number of fused-ring (bicyclic) bond motifs is 5. The molecular formula is C58H63Cl2SiZr. The Labute approximate surface area is 383 Å². The fraction of sp³-hybridized carbons (Fsp3) is 0.310. The molecule has 4 heteroatoms. The molecule has 62 heavy (non-hydrogen) atoms. The first-order valence-corrected chi connectivity index (χ1v) is 35.2. The summed E-state index contributed by atoms with van der Waals surface area (Å²) in [6.07, 6.45) is 6.90. The third-order valence-electron chi connectivity index (χ3n) is 14.8. The van der Waals surface area contributed by atoms with Crippen molar-refractivity contribution in [2.24, 2.45) is 0 Å². The molecule has 0 aromatic heterocycles. The fourth-order valence-corrected chi connectivity index (χ4v) is 40.3. The molecule has 2 aliphatic carbocycles. The third kappa shape index (κ3) is 6.67. The second-order valence-corrected chi connectivity index (χ2v) is 42.1. The van der Waals surface area contributed by atoms with Crippen LogP contribution in [0.4, 0.5) is 0 Å². The van der Waals surface area contributed by atoms with E-state index in [0.717, 1.165) is 12.8 Å². The van der Waals surface area contributed by atoms with Gasteiger partial charge in [0.2, 0.25) is 0 Å². The van der Waals surface area contributed by atoms with Gasteiger partial charge in [-0.1, -0.05) is 0 Å². The Kier molecular flexibility index (Phi) is 11.6. The molecule has 0 N–H and O–H groups in total. The monoisotopic (exact) mass is 947 g/mol. The molecule has 6 aromatic rings. The summed E-state index contributed by atoms with van der Waals surface area (Å²) in [6, 6.07) is 44.2. The molecule has 6 aromatic carbocycles. The van der Waals surface area contributed by atoms with Gasteiger partial charge in [-0.2, -0.15) is 0 Å². The molecule has 317 valence electrons. The van der Waals surface area contributed by atoms with Crippen LogP contribution in [0.5, 0.6) is 0 Å². The van der Waals surface area contributed by atoms with Crippen molar-refractivity contribution in [2.45, 2.75) is 113 Å². The maximum absolute atomic E-state index is 9.44. The van der Waals surface area contributed by atoms with Crippen molar-refractivity contribution in [1.82, 2.24) is 0 Å². The molecule has 2 atom stereocenters. The minimum atomic E-state index is -5.68. The summed E-state index contributed by atoms with van der Waals surface area (Å²) in [6.45, 7) is 23.4. The van der Waals surface area contributed by atoms with E-state index in [-0.39, 0.29) is 7.25 Å². The average molecular weight is 950 g/mol. The summed E-state index contributed by atoms with van der Waals surface area (Å²) < 4.78 is 1.10. The standard InChI is InChI=1S/2C23H27.C12H9Si.2ClH.Zr/c2*1-6-17-13-18-11-12-20(16(4)5)23(22(18)14-17)21-10-8-7-9-19(21)15(2)3;1-3-7-11-9(5-1)10-6-2-4-8-12(10)13-11;;;/h2*7-16H,6H2,1-5H3;1-7H,13H2;2*1H;/q;;;;;+2/p-2. The van der Waals surface area contributed by atoms with Crippen LogP contribution in [0.15, 0.2) is 126 Å². The summed E-state index contributed by atoms with van der Waals surface area (Å²) in [5.74, 6) is 1.47. The van der Waals surface area contributed by atoms with Crippen LogP contribution in [-0.4, -0.2) is 9.52 Å². The van der Waals surface area contributed by atoms with Gasteiger partial charge in [0.25, 0.3) is 0 Å². The van der Waals surface area contributed by atoms with Gasteiger partial charge in [0, 0.05) is 0 Å². The van der Waals surface area contributed by atoms with Crippen molar-refractivity contribution in [3.63, 3.8) is 0 Å². The number of rotatable bonds is 11. The number of benzene rings is 6. The number of hydrogen-bond donors (Lipinski definition) is 0. The molecule has 1 heterocycles. The number of allylic oxidation sites excluding steroid dienone is 2. The maximum atomic E-state index is 9.44. The molecule has 0 nitrogen and oxygen atoms in total. The van der Waals surface area contributed by atoms with Gasteiger partial charge >= 0.3 is 386 Å². The van der Waals surface area contributed by atoms with Crippen molar-refractivity contribution in [3.05, 3.63) is 171 Å². The summed E-state index contributed by atoms with van der Waals surface area (Å²) >= 11 is -5.68. The van der Waals surface area contributed by atoms with Crippen LogP contribution in [0.3, 0.4) is 0 Å². The van der Waals surface area contributed by atoms with Gasteiger partial charge in [0.1, 0.15) is 0 Å². The molecule has 0 spiro atoms. The molecule has 0 saturated carbocycles. The first kappa shape index (κ1) is 43.7. The second kappa shape index (κ2) is 16.5. The number of halogens is 2. The Morgan fingerprint density at radius 1 is 0.468 bits per heavy atom. The Morgan fingerprint density at radius 3 is 1.34 bits per heavy atom. The zero-order valence-corrected chi connectivity index (χ0v) is 43.8. The van der Waals surface area contributed by atoms with Crippen LogP contribution in [0, 0.1) is 0 Å². The Balaban J connectivity index is 1.40. The average Bonchev–Trinajstić information content (AvgIpc) is 3.97. The van der Waals surface area contributed by atoms with Gasteiger partial charge in [-0.15, -0.1) is 0 Å². The summed E-state index contributed by atoms with van der Waals surface area (Å²) in [7, 11) is 18.0. The topological polar surface area (TPSA) is 0 Å². The van der Waals surface area contributed by atoms with Gasteiger partial charge in [-0.3, -0.25) is 0 Å². The Morgan fingerprint density at radius 2 is 0.887 bits per heavy atom. The van der Waals surface area contributed by atoms with E-state index in [1.54, 1.807) is 0 Å². The fourth-order valence-electron chi connectivity index (χ4n) is 12.0. The van der Waals surface area contributed by atoms with Crippen LogP contribution in [0.1, 0.15) is 158 Å². The van der Waals surface area contributed by atoms with Crippen molar-refractivity contribution >= 4 is 52.3 Å². The predicted octanol–water partition coefficient (Wildman–Crippen LogP) is 15.3. The minimum absolute atomic E-state index is 0.0998. The zero-order valence-electron chi connectivity index (χ0n) is 38.5. The summed E-state index contributed by atoms with van der Waals surface area (Å²) in [5, 5.41) is 2.98.